The molecule has 10 nitrogen and oxygen atoms in total. The highest BCUT2D eigenvalue weighted by molar-refractivity contribution is 7.98. The molecule has 5 atom stereocenters. The van der Waals surface area contributed by atoms with Gasteiger partial charge >= 0.3 is 5.97 Å². The minimum Gasteiger partial charge on any atom is -0.480 e. The molecule has 0 saturated carbocycles. The summed E-state index contributed by atoms with van der Waals surface area (Å²) in [6.07, 6.45) is 0.898. The Morgan fingerprint density at radius 2 is 1.53 bits per heavy atom. The van der Waals surface area contributed by atoms with Gasteiger partial charge < -0.3 is 31.9 Å². The number of benzene rings is 1. The highest BCUT2D eigenvalue weighted by Crippen LogP contribution is 2.07. The zero-order valence-corrected chi connectivity index (χ0v) is 19.2. The van der Waals surface area contributed by atoms with Crippen LogP contribution >= 0.6 is 11.8 Å². The van der Waals surface area contributed by atoms with Gasteiger partial charge in [-0.2, -0.15) is 11.8 Å². The fraction of sp³-hybridized carbons (Fsp3) is 0.524. The maximum atomic E-state index is 13.0. The molecule has 32 heavy (non-hydrogen) atoms. The lowest BCUT2D eigenvalue weighted by Gasteiger charge is -2.25. The summed E-state index contributed by atoms with van der Waals surface area (Å²) < 4.78 is 0. The van der Waals surface area contributed by atoms with Gasteiger partial charge in [-0.25, -0.2) is 4.79 Å². The third-order valence-electron chi connectivity index (χ3n) is 4.62. The molecule has 0 bridgehead atoms. The van der Waals surface area contributed by atoms with Crippen LogP contribution in [0, 0.1) is 0 Å². The highest BCUT2D eigenvalue weighted by Gasteiger charge is 2.31. The number of nitrogens with two attached hydrogens (primary N) is 1. The summed E-state index contributed by atoms with van der Waals surface area (Å²) >= 11 is 1.45. The first kappa shape index (κ1) is 27.4. The summed E-state index contributed by atoms with van der Waals surface area (Å²) in [6, 6.07) is 4.63. The summed E-state index contributed by atoms with van der Waals surface area (Å²) in [5.74, 6) is -2.74. The molecule has 0 aliphatic rings. The average molecular weight is 469 g/mol. The lowest BCUT2D eigenvalue weighted by molar-refractivity contribution is -0.145. The van der Waals surface area contributed by atoms with Gasteiger partial charge in [0.2, 0.25) is 17.7 Å². The Balaban J connectivity index is 3.03. The SMILES string of the molecule is CSCCC(NC(=O)C(Cc1ccccc1)NC(=O)C(C)N)C(=O)NC(C(=O)O)C(C)O. The van der Waals surface area contributed by atoms with E-state index in [9.17, 15) is 29.4 Å². The van der Waals surface area contributed by atoms with Crippen molar-refractivity contribution >= 4 is 35.5 Å². The van der Waals surface area contributed by atoms with Crippen LogP contribution in [0.1, 0.15) is 25.8 Å². The van der Waals surface area contributed by atoms with Crippen molar-refractivity contribution in [3.8, 4) is 0 Å². The van der Waals surface area contributed by atoms with Crippen LogP contribution in [-0.2, 0) is 25.6 Å². The summed E-state index contributed by atoms with van der Waals surface area (Å²) in [6.45, 7) is 2.73. The average Bonchev–Trinajstić information content (AvgIpc) is 2.74. The number of aliphatic carboxylic acids is 1. The molecule has 5 unspecified atom stereocenters. The first-order valence-electron chi connectivity index (χ1n) is 10.2. The van der Waals surface area contributed by atoms with Gasteiger partial charge in [-0.15, -0.1) is 0 Å². The van der Waals surface area contributed by atoms with E-state index >= 15 is 0 Å². The van der Waals surface area contributed by atoms with Crippen molar-refractivity contribution in [3.63, 3.8) is 0 Å². The smallest absolute Gasteiger partial charge is 0.328 e. The Bertz CT molecular complexity index is 775. The Labute approximate surface area is 191 Å². The summed E-state index contributed by atoms with van der Waals surface area (Å²) in [4.78, 5) is 49.2. The van der Waals surface area contributed by atoms with E-state index in [4.69, 9.17) is 5.73 Å². The van der Waals surface area contributed by atoms with Crippen LogP contribution in [0.2, 0.25) is 0 Å². The van der Waals surface area contributed by atoms with Crippen LogP contribution in [0.5, 0.6) is 0 Å². The monoisotopic (exact) mass is 468 g/mol. The molecule has 0 saturated heterocycles. The van der Waals surface area contributed by atoms with Crippen LogP contribution in [0.15, 0.2) is 30.3 Å². The minimum absolute atomic E-state index is 0.174. The summed E-state index contributed by atoms with van der Waals surface area (Å²) in [7, 11) is 0. The second-order valence-corrected chi connectivity index (χ2v) is 8.43. The van der Waals surface area contributed by atoms with E-state index in [1.165, 1.54) is 25.6 Å². The molecule has 1 rings (SSSR count). The van der Waals surface area contributed by atoms with Crippen LogP contribution in [-0.4, -0.2) is 76.2 Å². The number of carbonyl (C=O) groups excluding carboxylic acids is 3. The molecule has 0 heterocycles. The maximum Gasteiger partial charge on any atom is 0.328 e. The fourth-order valence-electron chi connectivity index (χ4n) is 2.78. The Hall–Kier alpha value is -2.63. The van der Waals surface area contributed by atoms with Gasteiger partial charge in [0.1, 0.15) is 12.1 Å². The maximum absolute atomic E-state index is 13.0. The molecule has 0 aliphatic heterocycles. The lowest BCUT2D eigenvalue weighted by Crippen LogP contribution is -2.58. The number of carbonyl (C=O) groups is 4. The molecule has 1 aromatic rings. The van der Waals surface area contributed by atoms with Crippen molar-refractivity contribution < 1.29 is 29.4 Å². The highest BCUT2D eigenvalue weighted by atomic mass is 32.2. The number of thioether (sulfide) groups is 1. The van der Waals surface area contributed by atoms with Gasteiger partial charge in [-0.3, -0.25) is 14.4 Å². The number of hydrogen-bond donors (Lipinski definition) is 6. The van der Waals surface area contributed by atoms with E-state index in [1.807, 2.05) is 12.3 Å². The van der Waals surface area contributed by atoms with Crippen LogP contribution in [0.3, 0.4) is 0 Å². The number of rotatable bonds is 13. The first-order valence-corrected chi connectivity index (χ1v) is 11.6. The number of carboxylic acids is 1. The van der Waals surface area contributed by atoms with E-state index in [1.54, 1.807) is 24.3 Å². The van der Waals surface area contributed by atoms with Crippen molar-refractivity contribution in [1.29, 1.82) is 0 Å². The van der Waals surface area contributed by atoms with Crippen molar-refractivity contribution in [2.75, 3.05) is 12.0 Å². The number of nitrogens with one attached hydrogen (secondary N) is 3. The number of aliphatic hydroxyl groups is 1. The number of amides is 3. The van der Waals surface area contributed by atoms with Crippen LogP contribution < -0.4 is 21.7 Å². The third-order valence-corrected chi connectivity index (χ3v) is 5.26. The second kappa shape index (κ2) is 13.7. The molecule has 178 valence electrons. The Kier molecular flexibility index (Phi) is 11.7. The van der Waals surface area contributed by atoms with E-state index in [-0.39, 0.29) is 12.8 Å². The predicted octanol–water partition coefficient (Wildman–Crippen LogP) is -0.751. The molecule has 0 radical (unpaired) electrons. The van der Waals surface area contributed by atoms with E-state index < -0.39 is 54.0 Å². The summed E-state index contributed by atoms with van der Waals surface area (Å²) in [5.41, 5.74) is 6.41. The lowest BCUT2D eigenvalue weighted by atomic mass is 10.0. The second-order valence-electron chi connectivity index (χ2n) is 7.45. The van der Waals surface area contributed by atoms with Gasteiger partial charge in [0, 0.05) is 6.42 Å². The Morgan fingerprint density at radius 1 is 0.969 bits per heavy atom. The molecule has 0 spiro atoms. The van der Waals surface area contributed by atoms with Crippen molar-refractivity contribution in [2.24, 2.45) is 5.73 Å². The molecule has 1 aromatic carbocycles. The summed E-state index contributed by atoms with van der Waals surface area (Å²) in [5, 5.41) is 26.3. The molecule has 0 aliphatic carbocycles. The van der Waals surface area contributed by atoms with Crippen LogP contribution in [0.25, 0.3) is 0 Å². The van der Waals surface area contributed by atoms with Crippen molar-refractivity contribution in [2.45, 2.75) is 57.0 Å². The van der Waals surface area contributed by atoms with Gasteiger partial charge in [0.25, 0.3) is 0 Å². The zero-order chi connectivity index (χ0) is 24.3. The van der Waals surface area contributed by atoms with E-state index in [0.29, 0.717) is 5.75 Å². The van der Waals surface area contributed by atoms with Gasteiger partial charge in [0.15, 0.2) is 6.04 Å². The number of aliphatic hydroxyl groups excluding tert-OH is 1. The molecular formula is C21H32N4O6S. The number of carboxylic acid groups (broad SMARTS) is 1. The number of hydrogen-bond acceptors (Lipinski definition) is 7. The first-order chi connectivity index (χ1) is 15.1. The molecule has 0 aromatic heterocycles. The van der Waals surface area contributed by atoms with E-state index in [2.05, 4.69) is 16.0 Å². The molecule has 7 N–H and O–H groups in total. The zero-order valence-electron chi connectivity index (χ0n) is 18.4. The normalized spacial score (nSPS) is 15.5. The third kappa shape index (κ3) is 9.25. The molecule has 3 amide bonds. The largest absolute Gasteiger partial charge is 0.480 e. The molecular weight excluding hydrogens is 436 g/mol. The van der Waals surface area contributed by atoms with Crippen LogP contribution in [0.4, 0.5) is 0 Å². The quantitative estimate of drug-likeness (QED) is 0.219. The van der Waals surface area contributed by atoms with Crippen molar-refractivity contribution in [1.82, 2.24) is 16.0 Å². The molecule has 0 fully saturated rings. The van der Waals surface area contributed by atoms with Gasteiger partial charge in [-0.1, -0.05) is 30.3 Å². The fourth-order valence-corrected chi connectivity index (χ4v) is 3.25. The van der Waals surface area contributed by atoms with Crippen molar-refractivity contribution in [3.05, 3.63) is 35.9 Å². The topological polar surface area (TPSA) is 171 Å². The molecule has 11 heteroatoms. The Morgan fingerprint density at radius 3 is 2.03 bits per heavy atom. The minimum atomic E-state index is -1.52. The van der Waals surface area contributed by atoms with Gasteiger partial charge in [-0.05, 0) is 37.8 Å². The predicted molar refractivity (Wildman–Crippen MR) is 122 cm³/mol. The van der Waals surface area contributed by atoms with E-state index in [0.717, 1.165) is 5.56 Å². The standard InChI is InChI=1S/C21H32N4O6S/c1-12(22)18(27)24-16(11-14-7-5-4-6-8-14)20(29)23-15(9-10-32-3)19(28)25-17(13(2)26)21(30)31/h4-8,12-13,15-17,26H,9-11,22H2,1-3H3,(H,23,29)(H,24,27)(H,25,28)(H,30,31). The van der Waals surface area contributed by atoms with Gasteiger partial charge in [0.05, 0.1) is 12.1 Å².